The molecular weight excluding hydrogens is 666 g/mol. The maximum absolute atomic E-state index is 13.0. The molecule has 0 aliphatic heterocycles. The van der Waals surface area contributed by atoms with Crippen LogP contribution in [0.5, 0.6) is 23.0 Å². The van der Waals surface area contributed by atoms with Gasteiger partial charge in [-0.05, 0) is 139 Å². The molecule has 2 heterocycles. The molecule has 0 radical (unpaired) electrons. The number of benzene rings is 4. The molecule has 6 rings (SSSR count). The van der Waals surface area contributed by atoms with Crippen LogP contribution >= 0.6 is 0 Å². The van der Waals surface area contributed by atoms with E-state index in [1.165, 1.54) is 42.5 Å². The summed E-state index contributed by atoms with van der Waals surface area (Å²) in [5.41, 5.74) is 5.31. The Morgan fingerprint density at radius 3 is 1.42 bits per heavy atom. The fourth-order valence-electron chi connectivity index (χ4n) is 4.89. The van der Waals surface area contributed by atoms with Crippen molar-refractivity contribution >= 4 is 12.2 Å². The molecule has 6 aromatic rings. The van der Waals surface area contributed by atoms with Gasteiger partial charge in [0.1, 0.15) is 46.8 Å². The highest BCUT2D eigenvalue weighted by atomic mass is 19.1. The molecule has 0 unspecified atom stereocenters. The van der Waals surface area contributed by atoms with Crippen LogP contribution in [0.3, 0.4) is 0 Å². The van der Waals surface area contributed by atoms with Crippen molar-refractivity contribution in [2.45, 2.75) is 12.2 Å². The summed E-state index contributed by atoms with van der Waals surface area (Å²) in [7, 11) is 0. The minimum atomic E-state index is -1.20. The van der Waals surface area contributed by atoms with Crippen LogP contribution in [0.2, 0.25) is 0 Å². The van der Waals surface area contributed by atoms with Gasteiger partial charge < -0.3 is 29.9 Å². The second-order valence-electron chi connectivity index (χ2n) is 11.4. The first-order valence-corrected chi connectivity index (χ1v) is 16.1. The Hall–Kier alpha value is -6.04. The van der Waals surface area contributed by atoms with Crippen molar-refractivity contribution < 1.29 is 38.7 Å². The van der Waals surface area contributed by atoms with E-state index in [0.717, 1.165) is 22.5 Å². The van der Waals surface area contributed by atoms with Crippen LogP contribution in [0, 0.1) is 11.6 Å². The van der Waals surface area contributed by atoms with Crippen LogP contribution in [0.15, 0.2) is 134 Å². The monoisotopic (exact) mass is 702 g/mol. The summed E-state index contributed by atoms with van der Waals surface area (Å²) in [5.74, 6) is 1.66. The number of aliphatic hydroxyl groups excluding tert-OH is 4. The second-order valence-corrected chi connectivity index (χ2v) is 11.4. The molecule has 0 fully saturated rings. The third-order valence-electron chi connectivity index (χ3n) is 7.65. The summed E-state index contributed by atoms with van der Waals surface area (Å²) < 4.78 is 37.2. The zero-order valence-corrected chi connectivity index (χ0v) is 27.9. The summed E-state index contributed by atoms with van der Waals surface area (Å²) in [6, 6.07) is 33.0. The van der Waals surface area contributed by atoms with Crippen LogP contribution in [-0.4, -0.2) is 43.6 Å². The van der Waals surface area contributed by atoms with Crippen LogP contribution in [0.4, 0.5) is 8.78 Å². The summed E-state index contributed by atoms with van der Waals surface area (Å²) >= 11 is 0. The van der Waals surface area contributed by atoms with E-state index in [9.17, 15) is 29.2 Å². The average Bonchev–Trinajstić information content (AvgIpc) is 3.19. The molecule has 2 aromatic heterocycles. The van der Waals surface area contributed by atoms with Gasteiger partial charge in [0.05, 0.1) is 36.0 Å². The summed E-state index contributed by atoms with van der Waals surface area (Å²) in [6.45, 7) is 6.56. The lowest BCUT2D eigenvalue weighted by atomic mass is 10.0. The van der Waals surface area contributed by atoms with E-state index < -0.39 is 25.4 Å². The van der Waals surface area contributed by atoms with E-state index in [1.807, 2.05) is 36.4 Å². The average molecular weight is 703 g/mol. The molecule has 4 aromatic carbocycles. The van der Waals surface area contributed by atoms with E-state index in [-0.39, 0.29) is 17.3 Å². The highest BCUT2D eigenvalue weighted by molar-refractivity contribution is 5.67. The van der Waals surface area contributed by atoms with Gasteiger partial charge >= 0.3 is 0 Å². The molecule has 10 heteroatoms. The van der Waals surface area contributed by atoms with Gasteiger partial charge in [-0.25, -0.2) is 18.7 Å². The lowest BCUT2D eigenvalue weighted by molar-refractivity contribution is 0.0882. The number of pyridine rings is 2. The summed E-state index contributed by atoms with van der Waals surface area (Å²) in [5, 5.41) is 38.2. The Morgan fingerprint density at radius 2 is 1.00 bits per heavy atom. The van der Waals surface area contributed by atoms with Crippen LogP contribution in [0.25, 0.3) is 34.7 Å². The third kappa shape index (κ3) is 10.0. The number of rotatable bonds is 12. The Bertz CT molecular complexity index is 2030. The van der Waals surface area contributed by atoms with Crippen molar-refractivity contribution in [3.63, 3.8) is 0 Å². The van der Waals surface area contributed by atoms with Gasteiger partial charge in [-0.1, -0.05) is 19.2 Å². The van der Waals surface area contributed by atoms with Crippen molar-refractivity contribution in [2.75, 3.05) is 13.2 Å². The molecule has 0 bridgehead atoms. The predicted molar refractivity (Wildman–Crippen MR) is 197 cm³/mol. The summed E-state index contributed by atoms with van der Waals surface area (Å²) in [4.78, 5) is 8.87. The first-order chi connectivity index (χ1) is 25.2. The Kier molecular flexibility index (Phi) is 12.7. The van der Waals surface area contributed by atoms with E-state index in [4.69, 9.17) is 9.47 Å². The molecule has 8 nitrogen and oxygen atoms in total. The van der Waals surface area contributed by atoms with Gasteiger partial charge in [0.15, 0.2) is 0 Å². The largest absolute Gasteiger partial charge is 0.457 e. The van der Waals surface area contributed by atoms with Crippen molar-refractivity contribution in [3.05, 3.63) is 169 Å². The van der Waals surface area contributed by atoms with Crippen LogP contribution in [0.1, 0.15) is 34.7 Å². The van der Waals surface area contributed by atoms with E-state index in [2.05, 4.69) is 23.1 Å². The maximum atomic E-state index is 13.0. The fraction of sp³-hybridized carbons (Fsp3) is 0.0952. The minimum absolute atomic E-state index is 0.189. The first kappa shape index (κ1) is 37.2. The molecule has 0 aliphatic rings. The molecule has 0 saturated carbocycles. The molecule has 0 aliphatic carbocycles. The minimum Gasteiger partial charge on any atom is -0.457 e. The molecule has 0 spiro atoms. The van der Waals surface area contributed by atoms with Crippen LogP contribution in [-0.2, 0) is 0 Å². The number of ether oxygens (including phenoxy) is 2. The zero-order valence-electron chi connectivity index (χ0n) is 27.9. The maximum Gasteiger partial charge on any atom is 0.127 e. The number of nitrogens with zero attached hydrogens (tertiary/aromatic N) is 2. The highest BCUT2D eigenvalue weighted by Crippen LogP contribution is 2.29. The SMILES string of the molecule is C=Cc1cc(C=C)nc(-c2ccc(Oc3ccc(F)cc3)cc2)c1.OC[C@H](O)c1cc(-c2ccc(Oc3ccc(F)cc3)cc2)nc([C@@H](O)CO)c1. The standard InChI is InChI=1S/C21H20FNO5.C21H16FNO/c22-15-3-7-17(8-4-15)28-16-5-1-13(2-6-16)18-9-14(20(26)11-24)10-19(23-18)21(27)12-25;1-3-15-13-18(4-2)23-21(14-15)16-5-9-19(10-6-16)24-20-11-7-17(22)8-12-20/h1-10,20-21,24-27H,11-12H2;3-14H,1-2H2/t20-,21-;/m0./s1. The third-order valence-corrected chi connectivity index (χ3v) is 7.65. The van der Waals surface area contributed by atoms with Crippen molar-refractivity contribution in [1.29, 1.82) is 0 Å². The van der Waals surface area contributed by atoms with E-state index >= 15 is 0 Å². The van der Waals surface area contributed by atoms with Crippen LogP contribution < -0.4 is 9.47 Å². The lowest BCUT2D eigenvalue weighted by Gasteiger charge is -2.15. The molecule has 2 atom stereocenters. The van der Waals surface area contributed by atoms with Gasteiger partial charge in [0, 0.05) is 11.1 Å². The van der Waals surface area contributed by atoms with Gasteiger partial charge in [-0.15, -0.1) is 0 Å². The van der Waals surface area contributed by atoms with E-state index in [1.54, 1.807) is 54.6 Å². The van der Waals surface area contributed by atoms with Crippen molar-refractivity contribution in [2.24, 2.45) is 0 Å². The quantitative estimate of drug-likeness (QED) is 0.0999. The van der Waals surface area contributed by atoms with Gasteiger partial charge in [0.25, 0.3) is 0 Å². The second kappa shape index (κ2) is 17.8. The molecule has 264 valence electrons. The van der Waals surface area contributed by atoms with Gasteiger partial charge in [0.2, 0.25) is 0 Å². The number of halogens is 2. The Labute approximate surface area is 299 Å². The van der Waals surface area contributed by atoms with Crippen molar-refractivity contribution in [1.82, 2.24) is 9.97 Å². The fourth-order valence-corrected chi connectivity index (χ4v) is 4.89. The zero-order chi connectivity index (χ0) is 37.0. The lowest BCUT2D eigenvalue weighted by Crippen LogP contribution is -2.10. The predicted octanol–water partition coefficient (Wildman–Crippen LogP) is 8.70. The summed E-state index contributed by atoms with van der Waals surface area (Å²) in [6.07, 6.45) is 1.16. The number of hydrogen-bond acceptors (Lipinski definition) is 8. The normalized spacial score (nSPS) is 11.8. The Balaban J connectivity index is 0.000000203. The molecular formula is C42H36F2N2O6. The van der Waals surface area contributed by atoms with E-state index in [0.29, 0.717) is 39.8 Å². The number of hydrogen-bond donors (Lipinski definition) is 4. The number of aromatic nitrogens is 2. The topological polar surface area (TPSA) is 125 Å². The van der Waals surface area contributed by atoms with Gasteiger partial charge in [-0.2, -0.15) is 0 Å². The number of aliphatic hydroxyl groups is 4. The Morgan fingerprint density at radius 1 is 0.558 bits per heavy atom. The smallest absolute Gasteiger partial charge is 0.127 e. The van der Waals surface area contributed by atoms with Crippen molar-refractivity contribution in [3.8, 4) is 45.5 Å². The molecule has 0 saturated heterocycles. The van der Waals surface area contributed by atoms with Gasteiger partial charge in [-0.3, -0.25) is 0 Å². The molecule has 52 heavy (non-hydrogen) atoms. The molecule has 4 N–H and O–H groups in total. The highest BCUT2D eigenvalue weighted by Gasteiger charge is 2.16. The first-order valence-electron chi connectivity index (χ1n) is 16.1. The molecule has 0 amide bonds.